The predicted octanol–water partition coefficient (Wildman–Crippen LogP) is 2.11. The molecule has 0 aliphatic rings. The van der Waals surface area contributed by atoms with Gasteiger partial charge in [0.1, 0.15) is 0 Å². The number of methoxy groups -OCH3 is 1. The summed E-state index contributed by atoms with van der Waals surface area (Å²) in [5, 5.41) is 0.697. The van der Waals surface area contributed by atoms with E-state index in [2.05, 4.69) is 11.1 Å². The highest BCUT2D eigenvalue weighted by Gasteiger charge is 2.00. The van der Waals surface area contributed by atoms with Gasteiger partial charge in [-0.3, -0.25) is 0 Å². The number of ether oxygens (including phenoxy) is 1. The summed E-state index contributed by atoms with van der Waals surface area (Å²) in [6.45, 7) is 0. The van der Waals surface area contributed by atoms with Gasteiger partial charge in [0, 0.05) is 6.07 Å². The molecule has 0 aliphatic heterocycles. The molecule has 1 heterocycles. The molecule has 0 atom stereocenters. The second-order valence-electron chi connectivity index (χ2n) is 2.07. The van der Waals surface area contributed by atoms with Gasteiger partial charge in [-0.05, 0) is 6.07 Å². The predicted molar refractivity (Wildman–Crippen MR) is 45.0 cm³/mol. The molecule has 55 valence electrons. The normalized spacial score (nSPS) is 10.3. The molecule has 2 aromatic rings. The van der Waals surface area contributed by atoms with Crippen LogP contribution in [0.4, 0.5) is 0 Å². The van der Waals surface area contributed by atoms with Crippen LogP contribution in [0.15, 0.2) is 18.2 Å². The van der Waals surface area contributed by atoms with Crippen LogP contribution in [0.1, 0.15) is 0 Å². The first-order valence-corrected chi connectivity index (χ1v) is 4.03. The van der Waals surface area contributed by atoms with E-state index in [9.17, 15) is 0 Å². The van der Waals surface area contributed by atoms with Gasteiger partial charge >= 0.3 is 0 Å². The molecule has 0 amide bonds. The number of thiazole rings is 1. The third-order valence-corrected chi connectivity index (χ3v) is 2.35. The lowest BCUT2D eigenvalue weighted by molar-refractivity contribution is 0.413. The summed E-state index contributed by atoms with van der Waals surface area (Å²) >= 11 is 1.53. The molecule has 0 spiro atoms. The monoisotopic (exact) mass is 164 g/mol. The van der Waals surface area contributed by atoms with Gasteiger partial charge in [-0.25, -0.2) is 4.98 Å². The van der Waals surface area contributed by atoms with Crippen LogP contribution in [0, 0.1) is 6.07 Å². The van der Waals surface area contributed by atoms with E-state index >= 15 is 0 Å². The van der Waals surface area contributed by atoms with Crippen LogP contribution >= 0.6 is 11.3 Å². The van der Waals surface area contributed by atoms with Gasteiger partial charge in [-0.2, -0.15) is 0 Å². The van der Waals surface area contributed by atoms with Crippen molar-refractivity contribution in [3.63, 3.8) is 0 Å². The van der Waals surface area contributed by atoms with Gasteiger partial charge in [-0.15, -0.1) is 0 Å². The number of hydrogen-bond donors (Lipinski definition) is 0. The Morgan fingerprint density at radius 1 is 1.64 bits per heavy atom. The molecule has 1 radical (unpaired) electrons. The van der Waals surface area contributed by atoms with Crippen LogP contribution < -0.4 is 4.74 Å². The van der Waals surface area contributed by atoms with Crippen molar-refractivity contribution in [3.05, 3.63) is 24.3 Å². The Morgan fingerprint density at radius 2 is 2.55 bits per heavy atom. The fourth-order valence-corrected chi connectivity index (χ4v) is 1.63. The van der Waals surface area contributed by atoms with Crippen LogP contribution in [0.25, 0.3) is 10.2 Å². The summed E-state index contributed by atoms with van der Waals surface area (Å²) < 4.78 is 6.10. The highest BCUT2D eigenvalue weighted by Crippen LogP contribution is 2.26. The van der Waals surface area contributed by atoms with Crippen molar-refractivity contribution in [1.29, 1.82) is 0 Å². The van der Waals surface area contributed by atoms with E-state index in [0.717, 1.165) is 10.2 Å². The zero-order valence-corrected chi connectivity index (χ0v) is 6.81. The van der Waals surface area contributed by atoms with E-state index in [1.165, 1.54) is 11.3 Å². The van der Waals surface area contributed by atoms with Gasteiger partial charge in [0.15, 0.2) is 0 Å². The number of rotatable bonds is 1. The second kappa shape index (κ2) is 2.51. The minimum Gasteiger partial charge on any atom is -0.473 e. The van der Waals surface area contributed by atoms with Gasteiger partial charge in [0.25, 0.3) is 5.19 Å². The van der Waals surface area contributed by atoms with Crippen LogP contribution in [0.5, 0.6) is 5.19 Å². The third-order valence-electron chi connectivity index (χ3n) is 1.37. The standard InChI is InChI=1S/C8H6NOS/c1-10-8-9-6-4-2-3-5-7(6)11-8/h2-3,5H,1H3. The van der Waals surface area contributed by atoms with Crippen molar-refractivity contribution >= 4 is 21.6 Å². The summed E-state index contributed by atoms with van der Waals surface area (Å²) in [6, 6.07) is 8.82. The zero-order valence-electron chi connectivity index (χ0n) is 6.00. The van der Waals surface area contributed by atoms with Crippen molar-refractivity contribution in [1.82, 2.24) is 4.98 Å². The van der Waals surface area contributed by atoms with Gasteiger partial charge in [0.2, 0.25) is 0 Å². The van der Waals surface area contributed by atoms with Gasteiger partial charge in [0.05, 0.1) is 17.3 Å². The SMILES string of the molecule is COc1nc2[c]cccc2s1. The van der Waals surface area contributed by atoms with Crippen molar-refractivity contribution in [2.24, 2.45) is 0 Å². The Labute approximate surface area is 68.5 Å². The maximum absolute atomic E-state index is 4.99. The van der Waals surface area contributed by atoms with E-state index in [1.54, 1.807) is 7.11 Å². The number of nitrogens with zero attached hydrogens (tertiary/aromatic N) is 1. The van der Waals surface area contributed by atoms with Gasteiger partial charge in [-0.1, -0.05) is 23.5 Å². The summed E-state index contributed by atoms with van der Waals surface area (Å²) in [4.78, 5) is 4.17. The smallest absolute Gasteiger partial charge is 0.274 e. The number of fused-ring (bicyclic) bond motifs is 1. The first-order valence-electron chi connectivity index (χ1n) is 3.21. The highest BCUT2D eigenvalue weighted by molar-refractivity contribution is 7.20. The molecular formula is C8H6NOS. The second-order valence-corrected chi connectivity index (χ2v) is 3.06. The highest BCUT2D eigenvalue weighted by atomic mass is 32.1. The zero-order chi connectivity index (χ0) is 7.68. The largest absolute Gasteiger partial charge is 0.473 e. The Balaban J connectivity index is 2.69. The average molecular weight is 164 g/mol. The van der Waals surface area contributed by atoms with E-state index in [0.29, 0.717) is 5.19 Å². The van der Waals surface area contributed by atoms with Crippen LogP contribution in [-0.4, -0.2) is 12.1 Å². The van der Waals surface area contributed by atoms with Crippen molar-refractivity contribution in [3.8, 4) is 5.19 Å². The quantitative estimate of drug-likeness (QED) is 0.644. The third kappa shape index (κ3) is 1.07. The van der Waals surface area contributed by atoms with Crippen molar-refractivity contribution < 1.29 is 4.74 Å². The Hall–Kier alpha value is -1.09. The lowest BCUT2D eigenvalue weighted by Crippen LogP contribution is -1.77. The number of benzene rings is 1. The molecule has 1 aromatic heterocycles. The van der Waals surface area contributed by atoms with E-state index in [1.807, 2.05) is 18.2 Å². The number of hydrogen-bond acceptors (Lipinski definition) is 3. The molecule has 0 saturated carbocycles. The molecule has 0 unspecified atom stereocenters. The molecular weight excluding hydrogens is 158 g/mol. The molecule has 3 heteroatoms. The number of aromatic nitrogens is 1. The van der Waals surface area contributed by atoms with E-state index < -0.39 is 0 Å². The van der Waals surface area contributed by atoms with Crippen LogP contribution in [0.2, 0.25) is 0 Å². The first-order chi connectivity index (χ1) is 5.40. The summed E-state index contributed by atoms with van der Waals surface area (Å²) in [7, 11) is 1.62. The topological polar surface area (TPSA) is 22.1 Å². The lowest BCUT2D eigenvalue weighted by atomic mass is 10.3. The molecule has 1 aromatic carbocycles. The van der Waals surface area contributed by atoms with E-state index in [-0.39, 0.29) is 0 Å². The maximum Gasteiger partial charge on any atom is 0.274 e. The minimum atomic E-state index is 0.697. The van der Waals surface area contributed by atoms with E-state index in [4.69, 9.17) is 4.74 Å². The summed E-state index contributed by atoms with van der Waals surface area (Å²) in [5.41, 5.74) is 0.884. The fraction of sp³-hybridized carbons (Fsp3) is 0.125. The molecule has 2 nitrogen and oxygen atoms in total. The first kappa shape index (κ1) is 6.61. The Kier molecular flexibility index (Phi) is 1.51. The van der Waals surface area contributed by atoms with Crippen molar-refractivity contribution in [2.45, 2.75) is 0 Å². The molecule has 0 aliphatic carbocycles. The van der Waals surface area contributed by atoms with Gasteiger partial charge < -0.3 is 4.74 Å². The summed E-state index contributed by atoms with van der Waals surface area (Å²) in [5.74, 6) is 0. The Morgan fingerprint density at radius 3 is 3.27 bits per heavy atom. The van der Waals surface area contributed by atoms with Crippen LogP contribution in [0.3, 0.4) is 0 Å². The molecule has 0 fully saturated rings. The van der Waals surface area contributed by atoms with Crippen LogP contribution in [-0.2, 0) is 0 Å². The average Bonchev–Trinajstić information content (AvgIpc) is 2.46. The molecule has 0 bridgehead atoms. The molecule has 11 heavy (non-hydrogen) atoms. The molecule has 2 rings (SSSR count). The lowest BCUT2D eigenvalue weighted by Gasteiger charge is -1.84. The Bertz CT molecular complexity index is 336. The fourth-order valence-electron chi connectivity index (χ4n) is 0.878. The minimum absolute atomic E-state index is 0.697. The molecule has 0 N–H and O–H groups in total. The molecule has 0 saturated heterocycles. The maximum atomic E-state index is 4.99. The number of para-hydroxylation sites is 1. The van der Waals surface area contributed by atoms with Crippen molar-refractivity contribution in [2.75, 3.05) is 7.11 Å². The summed E-state index contributed by atoms with van der Waals surface area (Å²) in [6.07, 6.45) is 0.